The Morgan fingerprint density at radius 1 is 0.939 bits per heavy atom. The molecule has 1 aliphatic rings. The predicted molar refractivity (Wildman–Crippen MR) is 127 cm³/mol. The second-order valence-corrected chi connectivity index (χ2v) is 9.18. The quantitative estimate of drug-likeness (QED) is 0.226. The van der Waals surface area contributed by atoms with Crippen molar-refractivity contribution in [3.63, 3.8) is 0 Å². The van der Waals surface area contributed by atoms with E-state index < -0.39 is 23.7 Å². The summed E-state index contributed by atoms with van der Waals surface area (Å²) in [5.74, 6) is -1.72. The Bertz CT molecular complexity index is 739. The maximum atomic E-state index is 14.8. The first-order valence-electron chi connectivity index (χ1n) is 12.4. The van der Waals surface area contributed by atoms with Crippen molar-refractivity contribution in [2.75, 3.05) is 19.8 Å². The van der Waals surface area contributed by atoms with Crippen molar-refractivity contribution in [1.29, 1.82) is 0 Å². The molecule has 0 heterocycles. The van der Waals surface area contributed by atoms with Gasteiger partial charge in [0.2, 0.25) is 0 Å². The van der Waals surface area contributed by atoms with Crippen LogP contribution in [0.1, 0.15) is 88.6 Å². The molecule has 0 radical (unpaired) electrons. The molecule has 2 atom stereocenters. The first kappa shape index (κ1) is 27.5. The minimum Gasteiger partial charge on any atom is -0.457 e. The average molecular weight is 467 g/mol. The van der Waals surface area contributed by atoms with Gasteiger partial charge in [-0.15, -0.1) is 0 Å². The first-order valence-corrected chi connectivity index (χ1v) is 12.4. The van der Waals surface area contributed by atoms with Crippen LogP contribution in [0.15, 0.2) is 30.1 Å². The first-order chi connectivity index (χ1) is 15.8. The molecule has 2 rings (SSSR count). The minimum absolute atomic E-state index is 0.0941. The number of allylic oxidation sites excluding steroid dienone is 1. The second kappa shape index (κ2) is 14.5. The summed E-state index contributed by atoms with van der Waals surface area (Å²) < 4.78 is 46.0. The summed E-state index contributed by atoms with van der Waals surface area (Å²) in [6, 6.07) is 5.81. The molecule has 0 saturated heterocycles. The Hall–Kier alpha value is -1.79. The van der Waals surface area contributed by atoms with Crippen molar-refractivity contribution >= 4 is 11.8 Å². The molecule has 186 valence electrons. The summed E-state index contributed by atoms with van der Waals surface area (Å²) in [5, 5.41) is 0. The van der Waals surface area contributed by atoms with Gasteiger partial charge in [-0.25, -0.2) is 13.6 Å². The van der Waals surface area contributed by atoms with E-state index in [1.54, 1.807) is 6.92 Å². The molecule has 0 aliphatic heterocycles. The van der Waals surface area contributed by atoms with E-state index in [1.165, 1.54) is 24.3 Å². The van der Waals surface area contributed by atoms with Gasteiger partial charge in [0.1, 0.15) is 11.9 Å². The van der Waals surface area contributed by atoms with Crippen molar-refractivity contribution in [2.24, 2.45) is 11.8 Å². The zero-order chi connectivity index (χ0) is 24.2. The highest BCUT2D eigenvalue weighted by Crippen LogP contribution is 2.39. The molecule has 6 heteroatoms. The number of carbonyl (C=O) groups is 1. The largest absolute Gasteiger partial charge is 0.457 e. The third kappa shape index (κ3) is 9.17. The number of rotatable bonds is 13. The highest BCUT2D eigenvalue weighted by molar-refractivity contribution is 5.89. The third-order valence-electron chi connectivity index (χ3n) is 6.11. The van der Waals surface area contributed by atoms with Gasteiger partial charge in [-0.2, -0.15) is 0 Å². The van der Waals surface area contributed by atoms with Gasteiger partial charge in [0.15, 0.2) is 5.83 Å². The van der Waals surface area contributed by atoms with Crippen LogP contribution in [0.4, 0.5) is 8.78 Å². The SMILES string of the molecule is CCCOC[C@@H](C)OC[C@@H](C)OC(=O)c1ccc(/C(F)=C(\F)C2CCC(CCC)CC2)cc1. The normalized spacial score (nSPS) is 21.3. The lowest BCUT2D eigenvalue weighted by Crippen LogP contribution is -2.25. The van der Waals surface area contributed by atoms with Crippen LogP contribution in [0.5, 0.6) is 0 Å². The molecule has 0 N–H and O–H groups in total. The van der Waals surface area contributed by atoms with E-state index in [4.69, 9.17) is 14.2 Å². The van der Waals surface area contributed by atoms with Crippen molar-refractivity contribution < 1.29 is 27.8 Å². The Labute approximate surface area is 197 Å². The zero-order valence-corrected chi connectivity index (χ0v) is 20.6. The maximum absolute atomic E-state index is 14.8. The van der Waals surface area contributed by atoms with Crippen molar-refractivity contribution in [3.05, 3.63) is 41.2 Å². The fourth-order valence-corrected chi connectivity index (χ4v) is 4.21. The maximum Gasteiger partial charge on any atom is 0.338 e. The molecule has 1 aromatic carbocycles. The summed E-state index contributed by atoms with van der Waals surface area (Å²) in [6.07, 6.45) is 6.00. The molecular weight excluding hydrogens is 426 g/mol. The van der Waals surface area contributed by atoms with Gasteiger partial charge >= 0.3 is 5.97 Å². The van der Waals surface area contributed by atoms with E-state index in [0.717, 1.165) is 32.1 Å². The Kier molecular flexibility index (Phi) is 12.0. The fraction of sp³-hybridized carbons (Fsp3) is 0.667. The van der Waals surface area contributed by atoms with Crippen molar-refractivity contribution in [2.45, 2.75) is 84.8 Å². The van der Waals surface area contributed by atoms with Gasteiger partial charge in [-0.05, 0) is 64.0 Å². The van der Waals surface area contributed by atoms with Gasteiger partial charge in [0.05, 0.1) is 24.9 Å². The molecule has 0 aromatic heterocycles. The van der Waals surface area contributed by atoms with Crippen LogP contribution in [-0.4, -0.2) is 38.0 Å². The standard InChI is InChI=1S/C27H40F2O4/c1-5-7-21-8-10-22(11-9-21)25(28)26(29)23-12-14-24(15-13-23)27(30)33-20(4)18-32-19(3)17-31-16-6-2/h12-15,19-22H,5-11,16-18H2,1-4H3/b26-25+/t19-,20-,21?,22?/m1/s1. The topological polar surface area (TPSA) is 44.8 Å². The number of benzene rings is 1. The number of hydrogen-bond acceptors (Lipinski definition) is 4. The van der Waals surface area contributed by atoms with Gasteiger partial charge in [0.25, 0.3) is 0 Å². The van der Waals surface area contributed by atoms with Crippen LogP contribution in [0.2, 0.25) is 0 Å². The lowest BCUT2D eigenvalue weighted by atomic mass is 9.79. The molecule has 0 bridgehead atoms. The Balaban J connectivity index is 1.85. The highest BCUT2D eigenvalue weighted by atomic mass is 19.2. The minimum atomic E-state index is -0.824. The summed E-state index contributed by atoms with van der Waals surface area (Å²) in [6.45, 7) is 9.29. The molecule has 1 fully saturated rings. The van der Waals surface area contributed by atoms with E-state index in [9.17, 15) is 13.6 Å². The molecular formula is C27H40F2O4. The molecule has 0 spiro atoms. The lowest BCUT2D eigenvalue weighted by Gasteiger charge is -2.27. The summed E-state index contributed by atoms with van der Waals surface area (Å²) in [4.78, 5) is 12.4. The van der Waals surface area contributed by atoms with Crippen molar-refractivity contribution in [1.82, 2.24) is 0 Å². The molecule has 1 saturated carbocycles. The van der Waals surface area contributed by atoms with Crippen LogP contribution in [0.25, 0.3) is 5.83 Å². The molecule has 33 heavy (non-hydrogen) atoms. The zero-order valence-electron chi connectivity index (χ0n) is 20.6. The van der Waals surface area contributed by atoms with Gasteiger partial charge in [-0.3, -0.25) is 0 Å². The smallest absolute Gasteiger partial charge is 0.338 e. The van der Waals surface area contributed by atoms with E-state index >= 15 is 0 Å². The number of hydrogen-bond donors (Lipinski definition) is 0. The van der Waals surface area contributed by atoms with Crippen LogP contribution in [0.3, 0.4) is 0 Å². The van der Waals surface area contributed by atoms with E-state index in [0.29, 0.717) is 37.5 Å². The monoisotopic (exact) mass is 466 g/mol. The molecule has 4 nitrogen and oxygen atoms in total. The van der Waals surface area contributed by atoms with E-state index in [1.807, 2.05) is 13.8 Å². The fourth-order valence-electron chi connectivity index (χ4n) is 4.21. The number of halogens is 2. The number of ether oxygens (including phenoxy) is 3. The highest BCUT2D eigenvalue weighted by Gasteiger charge is 2.26. The predicted octanol–water partition coefficient (Wildman–Crippen LogP) is 7.28. The molecule has 0 amide bonds. The van der Waals surface area contributed by atoms with E-state index in [2.05, 4.69) is 6.92 Å². The van der Waals surface area contributed by atoms with Crippen LogP contribution in [-0.2, 0) is 14.2 Å². The summed E-state index contributed by atoms with van der Waals surface area (Å²) in [5.41, 5.74) is 0.440. The van der Waals surface area contributed by atoms with Gasteiger partial charge in [-0.1, -0.05) is 38.8 Å². The van der Waals surface area contributed by atoms with Crippen LogP contribution < -0.4 is 0 Å². The molecule has 0 unspecified atom stereocenters. The number of esters is 1. The van der Waals surface area contributed by atoms with Gasteiger partial charge < -0.3 is 14.2 Å². The van der Waals surface area contributed by atoms with Crippen LogP contribution >= 0.6 is 0 Å². The Morgan fingerprint density at radius 2 is 1.58 bits per heavy atom. The van der Waals surface area contributed by atoms with Crippen LogP contribution in [0, 0.1) is 11.8 Å². The third-order valence-corrected chi connectivity index (χ3v) is 6.11. The summed E-state index contributed by atoms with van der Waals surface area (Å²) >= 11 is 0. The average Bonchev–Trinajstić information content (AvgIpc) is 2.83. The van der Waals surface area contributed by atoms with Gasteiger partial charge in [0, 0.05) is 18.1 Å². The van der Waals surface area contributed by atoms with Crippen molar-refractivity contribution in [3.8, 4) is 0 Å². The molecule has 1 aliphatic carbocycles. The van der Waals surface area contributed by atoms with E-state index in [-0.39, 0.29) is 24.2 Å². The number of carbonyl (C=O) groups excluding carboxylic acids is 1. The second-order valence-electron chi connectivity index (χ2n) is 9.18. The lowest BCUT2D eigenvalue weighted by molar-refractivity contribution is -0.0451. The summed E-state index contributed by atoms with van der Waals surface area (Å²) in [7, 11) is 0. The Morgan fingerprint density at radius 3 is 2.18 bits per heavy atom. The molecule has 1 aromatic rings.